The number of hydrogen-bond donors (Lipinski definition) is 2. The molecule has 3 N–H and O–H groups in total. The van der Waals surface area contributed by atoms with E-state index in [0.29, 0.717) is 5.65 Å². The Bertz CT molecular complexity index is 801. The van der Waals surface area contributed by atoms with Gasteiger partial charge in [-0.3, -0.25) is 4.40 Å². The molecule has 21 heavy (non-hydrogen) atoms. The average molecular weight is 308 g/mol. The number of nitrogens with zero attached hydrogens (tertiary/aromatic N) is 2. The molecule has 2 aliphatic rings. The van der Waals surface area contributed by atoms with Gasteiger partial charge in [-0.25, -0.2) is 18.1 Å². The molecule has 8 heteroatoms. The number of pyridine rings is 1. The minimum atomic E-state index is -3.73. The second-order valence-electron chi connectivity index (χ2n) is 5.57. The lowest BCUT2D eigenvalue weighted by Crippen LogP contribution is -2.41. The van der Waals surface area contributed by atoms with E-state index in [1.54, 1.807) is 24.4 Å². The van der Waals surface area contributed by atoms with Crippen LogP contribution in [0.4, 0.5) is 5.82 Å². The lowest BCUT2D eigenvalue weighted by atomic mass is 9.96. The van der Waals surface area contributed by atoms with Gasteiger partial charge in [0.1, 0.15) is 5.65 Å². The van der Waals surface area contributed by atoms with Crippen LogP contribution in [-0.2, 0) is 14.8 Å². The average Bonchev–Trinajstić information content (AvgIpc) is 3.09. The molecule has 2 saturated heterocycles. The topological polar surface area (TPSA) is 98.7 Å². The van der Waals surface area contributed by atoms with E-state index in [4.69, 9.17) is 10.5 Å². The van der Waals surface area contributed by atoms with Crippen LogP contribution in [0.25, 0.3) is 5.65 Å². The lowest BCUT2D eigenvalue weighted by Gasteiger charge is -2.19. The number of nitrogens with one attached hydrogen (secondary N) is 1. The summed E-state index contributed by atoms with van der Waals surface area (Å²) < 4.78 is 35.2. The van der Waals surface area contributed by atoms with Crippen molar-refractivity contribution in [1.29, 1.82) is 0 Å². The van der Waals surface area contributed by atoms with Crippen molar-refractivity contribution < 1.29 is 13.2 Å². The summed E-state index contributed by atoms with van der Waals surface area (Å²) in [6.45, 7) is 0. The predicted octanol–water partition coefficient (Wildman–Crippen LogP) is 0.515. The molecule has 2 aliphatic heterocycles. The number of aromatic nitrogens is 2. The van der Waals surface area contributed by atoms with Crippen molar-refractivity contribution in [2.45, 2.75) is 42.5 Å². The highest BCUT2D eigenvalue weighted by atomic mass is 32.2. The van der Waals surface area contributed by atoms with Gasteiger partial charge in [0.05, 0.1) is 18.2 Å². The van der Waals surface area contributed by atoms with Crippen LogP contribution >= 0.6 is 0 Å². The number of rotatable bonds is 3. The zero-order valence-corrected chi connectivity index (χ0v) is 12.1. The monoisotopic (exact) mass is 308 g/mol. The fourth-order valence-corrected chi connectivity index (χ4v) is 4.77. The first-order valence-corrected chi connectivity index (χ1v) is 8.43. The quantitative estimate of drug-likeness (QED) is 0.861. The molecule has 0 aromatic carbocycles. The van der Waals surface area contributed by atoms with Gasteiger partial charge in [-0.05, 0) is 31.4 Å². The summed E-state index contributed by atoms with van der Waals surface area (Å²) in [6, 6.07) is 5.07. The summed E-state index contributed by atoms with van der Waals surface area (Å²) in [4.78, 5) is 4.09. The van der Waals surface area contributed by atoms with Gasteiger partial charge in [-0.2, -0.15) is 0 Å². The van der Waals surface area contributed by atoms with E-state index in [1.165, 1.54) is 4.40 Å². The molecule has 4 rings (SSSR count). The molecule has 112 valence electrons. The SMILES string of the molecule is Nc1nc2ccccn2c1S(=O)(=O)NC1CC2CCC1O2. The lowest BCUT2D eigenvalue weighted by molar-refractivity contribution is 0.0996. The smallest absolute Gasteiger partial charge is 0.260 e. The fraction of sp³-hybridized carbons (Fsp3) is 0.462. The molecular weight excluding hydrogens is 292 g/mol. The maximum absolute atomic E-state index is 12.7. The molecule has 0 radical (unpaired) electrons. The third-order valence-electron chi connectivity index (χ3n) is 4.18. The second kappa shape index (κ2) is 4.43. The third kappa shape index (κ3) is 2.02. The number of nitrogens with two attached hydrogens (primary N) is 1. The van der Waals surface area contributed by atoms with E-state index in [1.807, 2.05) is 0 Å². The number of ether oxygens (including phenoxy) is 1. The second-order valence-corrected chi connectivity index (χ2v) is 7.20. The Labute approximate surface area is 122 Å². The first kappa shape index (κ1) is 13.1. The van der Waals surface area contributed by atoms with Crippen molar-refractivity contribution in [3.05, 3.63) is 24.4 Å². The Hall–Kier alpha value is -1.64. The van der Waals surface area contributed by atoms with Crippen LogP contribution in [0.15, 0.2) is 29.4 Å². The zero-order chi connectivity index (χ0) is 14.6. The largest absolute Gasteiger partial charge is 0.381 e. The van der Waals surface area contributed by atoms with E-state index in [9.17, 15) is 8.42 Å². The normalized spacial score (nSPS) is 28.5. The van der Waals surface area contributed by atoms with Crippen molar-refractivity contribution in [3.63, 3.8) is 0 Å². The van der Waals surface area contributed by atoms with Crippen molar-refractivity contribution in [3.8, 4) is 0 Å². The van der Waals surface area contributed by atoms with E-state index >= 15 is 0 Å². The van der Waals surface area contributed by atoms with Crippen LogP contribution in [0, 0.1) is 0 Å². The molecule has 2 bridgehead atoms. The highest BCUT2D eigenvalue weighted by molar-refractivity contribution is 7.89. The molecule has 2 aromatic heterocycles. The minimum Gasteiger partial charge on any atom is -0.381 e. The molecular formula is C13H16N4O3S. The number of sulfonamides is 1. The molecule has 0 aliphatic carbocycles. The number of hydrogen-bond acceptors (Lipinski definition) is 5. The molecule has 0 spiro atoms. The summed E-state index contributed by atoms with van der Waals surface area (Å²) in [5.41, 5.74) is 6.32. The molecule has 3 unspecified atom stereocenters. The van der Waals surface area contributed by atoms with Crippen LogP contribution < -0.4 is 10.5 Å². The number of imidazole rings is 1. The molecule has 7 nitrogen and oxygen atoms in total. The fourth-order valence-electron chi connectivity index (χ4n) is 3.28. The number of anilines is 1. The maximum atomic E-state index is 12.7. The summed E-state index contributed by atoms with van der Waals surface area (Å²) in [6.07, 6.45) is 4.44. The number of nitrogen functional groups attached to an aromatic ring is 1. The standard InChI is InChI=1S/C13H16N4O3S/c14-12-13(17-6-2-1-3-11(17)15-12)21(18,19)16-9-7-8-4-5-10(9)20-8/h1-3,6,8-10,16H,4-5,7,14H2. The number of fused-ring (bicyclic) bond motifs is 3. The van der Waals surface area contributed by atoms with Gasteiger partial charge < -0.3 is 10.5 Å². The van der Waals surface area contributed by atoms with Gasteiger partial charge in [0, 0.05) is 6.20 Å². The zero-order valence-electron chi connectivity index (χ0n) is 11.3. The third-order valence-corrected chi connectivity index (χ3v) is 5.71. The first-order chi connectivity index (χ1) is 10.0. The highest BCUT2D eigenvalue weighted by Gasteiger charge is 2.43. The van der Waals surface area contributed by atoms with Gasteiger partial charge in [-0.1, -0.05) is 6.07 Å². The molecule has 2 aromatic rings. The maximum Gasteiger partial charge on any atom is 0.260 e. The van der Waals surface area contributed by atoms with Gasteiger partial charge in [0.25, 0.3) is 10.0 Å². The van der Waals surface area contributed by atoms with Crippen LogP contribution in [-0.4, -0.2) is 36.1 Å². The molecule has 3 atom stereocenters. The Morgan fingerprint density at radius 3 is 2.95 bits per heavy atom. The van der Waals surface area contributed by atoms with E-state index < -0.39 is 10.0 Å². The van der Waals surface area contributed by atoms with Crippen molar-refractivity contribution in [2.24, 2.45) is 0 Å². The van der Waals surface area contributed by atoms with Crippen LogP contribution in [0.2, 0.25) is 0 Å². The Balaban J connectivity index is 1.72. The first-order valence-electron chi connectivity index (χ1n) is 6.95. The summed E-state index contributed by atoms with van der Waals surface area (Å²) in [7, 11) is -3.73. The van der Waals surface area contributed by atoms with Gasteiger partial charge in [-0.15, -0.1) is 0 Å². The van der Waals surface area contributed by atoms with Crippen molar-refractivity contribution in [1.82, 2.24) is 14.1 Å². The Kier molecular flexibility index (Phi) is 2.75. The Morgan fingerprint density at radius 2 is 2.24 bits per heavy atom. The molecule has 0 amide bonds. The summed E-state index contributed by atoms with van der Waals surface area (Å²) in [5, 5.41) is 0.000809. The van der Waals surface area contributed by atoms with Crippen LogP contribution in [0.5, 0.6) is 0 Å². The summed E-state index contributed by atoms with van der Waals surface area (Å²) in [5.74, 6) is 0.0118. The van der Waals surface area contributed by atoms with Crippen LogP contribution in [0.1, 0.15) is 19.3 Å². The molecule has 4 heterocycles. The molecule has 2 fully saturated rings. The van der Waals surface area contributed by atoms with Gasteiger partial charge >= 0.3 is 0 Å². The van der Waals surface area contributed by atoms with Gasteiger partial charge in [0.2, 0.25) is 0 Å². The summed E-state index contributed by atoms with van der Waals surface area (Å²) >= 11 is 0. The van der Waals surface area contributed by atoms with Crippen LogP contribution in [0.3, 0.4) is 0 Å². The van der Waals surface area contributed by atoms with E-state index in [-0.39, 0.29) is 29.1 Å². The van der Waals surface area contributed by atoms with E-state index in [0.717, 1.165) is 19.3 Å². The van der Waals surface area contributed by atoms with E-state index in [2.05, 4.69) is 9.71 Å². The van der Waals surface area contributed by atoms with Gasteiger partial charge in [0.15, 0.2) is 10.8 Å². The predicted molar refractivity (Wildman–Crippen MR) is 76.2 cm³/mol. The Morgan fingerprint density at radius 1 is 1.38 bits per heavy atom. The van der Waals surface area contributed by atoms with Crippen molar-refractivity contribution >= 4 is 21.5 Å². The minimum absolute atomic E-state index is 0.000809. The molecule has 0 saturated carbocycles. The highest BCUT2D eigenvalue weighted by Crippen LogP contribution is 2.35. The van der Waals surface area contributed by atoms with Crippen molar-refractivity contribution in [2.75, 3.05) is 5.73 Å².